The molecule has 0 amide bonds. The Kier molecular flexibility index (Phi) is 4.03. The van der Waals surface area contributed by atoms with Crippen molar-refractivity contribution in [2.45, 2.75) is 13.0 Å². The number of nitrogens with zero attached hydrogens (tertiary/aromatic N) is 1. The van der Waals surface area contributed by atoms with Crippen molar-refractivity contribution in [2.75, 3.05) is 5.32 Å². The molecule has 0 bridgehead atoms. The van der Waals surface area contributed by atoms with E-state index in [9.17, 15) is 4.39 Å². The second-order valence-electron chi connectivity index (χ2n) is 4.19. The summed E-state index contributed by atoms with van der Waals surface area (Å²) in [4.78, 5) is 0. The molecular weight excluding hydrogens is 263 g/mol. The Bertz CT molecular complexity index is 634. The lowest BCUT2D eigenvalue weighted by Crippen LogP contribution is -2.09. The number of halogens is 2. The molecule has 1 atom stereocenters. The Morgan fingerprint density at radius 3 is 2.68 bits per heavy atom. The highest BCUT2D eigenvalue weighted by Gasteiger charge is 2.11. The first-order valence-electron chi connectivity index (χ1n) is 5.82. The molecule has 4 heteroatoms. The van der Waals surface area contributed by atoms with Crippen LogP contribution in [0.25, 0.3) is 0 Å². The van der Waals surface area contributed by atoms with Gasteiger partial charge in [-0.3, -0.25) is 0 Å². The number of nitrogens with one attached hydrogen (secondary N) is 1. The zero-order valence-corrected chi connectivity index (χ0v) is 11.1. The number of hydrogen-bond acceptors (Lipinski definition) is 2. The highest BCUT2D eigenvalue weighted by atomic mass is 35.5. The van der Waals surface area contributed by atoms with Gasteiger partial charge in [0.1, 0.15) is 5.82 Å². The number of hydrogen-bond donors (Lipinski definition) is 1. The minimum atomic E-state index is -0.268. The molecule has 0 radical (unpaired) electrons. The summed E-state index contributed by atoms with van der Waals surface area (Å²) in [6.07, 6.45) is 0. The quantitative estimate of drug-likeness (QED) is 0.893. The highest BCUT2D eigenvalue weighted by Crippen LogP contribution is 2.28. The van der Waals surface area contributed by atoms with Crippen molar-refractivity contribution in [2.24, 2.45) is 0 Å². The van der Waals surface area contributed by atoms with Crippen LogP contribution in [0.4, 0.5) is 10.1 Å². The van der Waals surface area contributed by atoms with Gasteiger partial charge >= 0.3 is 0 Å². The fourth-order valence-corrected chi connectivity index (χ4v) is 2.01. The average molecular weight is 275 g/mol. The topological polar surface area (TPSA) is 35.8 Å². The molecule has 19 heavy (non-hydrogen) atoms. The zero-order valence-electron chi connectivity index (χ0n) is 10.3. The van der Waals surface area contributed by atoms with Crippen LogP contribution in [0.15, 0.2) is 42.5 Å². The number of rotatable bonds is 3. The average Bonchev–Trinajstić information content (AvgIpc) is 2.41. The summed E-state index contributed by atoms with van der Waals surface area (Å²) in [5, 5.41) is 12.5. The van der Waals surface area contributed by atoms with E-state index in [1.54, 1.807) is 36.4 Å². The minimum absolute atomic E-state index is 0.243. The third-order valence-electron chi connectivity index (χ3n) is 2.84. The van der Waals surface area contributed by atoms with E-state index in [-0.39, 0.29) is 11.9 Å². The lowest BCUT2D eigenvalue weighted by Gasteiger charge is -2.17. The molecule has 0 aliphatic rings. The van der Waals surface area contributed by atoms with Crippen LogP contribution >= 0.6 is 11.6 Å². The molecule has 0 aliphatic heterocycles. The van der Waals surface area contributed by atoms with Crippen molar-refractivity contribution in [3.63, 3.8) is 0 Å². The molecule has 0 aromatic heterocycles. The molecule has 2 nitrogen and oxygen atoms in total. The Labute approximate surface area is 116 Å². The van der Waals surface area contributed by atoms with Crippen molar-refractivity contribution in [1.29, 1.82) is 5.26 Å². The summed E-state index contributed by atoms with van der Waals surface area (Å²) in [5.41, 5.74) is 1.69. The summed E-state index contributed by atoms with van der Waals surface area (Å²) in [6.45, 7) is 1.84. The van der Waals surface area contributed by atoms with Crippen molar-refractivity contribution < 1.29 is 4.39 Å². The molecule has 0 saturated carbocycles. The molecule has 2 rings (SSSR count). The maximum absolute atomic E-state index is 13.7. The van der Waals surface area contributed by atoms with E-state index in [1.165, 1.54) is 6.07 Å². The molecule has 1 N–H and O–H groups in total. The highest BCUT2D eigenvalue weighted by molar-refractivity contribution is 6.33. The Hall–Kier alpha value is -2.05. The van der Waals surface area contributed by atoms with Gasteiger partial charge in [0, 0.05) is 5.56 Å². The second-order valence-corrected chi connectivity index (χ2v) is 4.60. The van der Waals surface area contributed by atoms with Crippen LogP contribution in [0.2, 0.25) is 5.02 Å². The maximum Gasteiger partial charge on any atom is 0.128 e. The van der Waals surface area contributed by atoms with Crippen LogP contribution in [-0.2, 0) is 0 Å². The first-order valence-corrected chi connectivity index (χ1v) is 6.20. The number of anilines is 1. The van der Waals surface area contributed by atoms with Gasteiger partial charge in [-0.15, -0.1) is 0 Å². The lowest BCUT2D eigenvalue weighted by atomic mass is 10.1. The summed E-state index contributed by atoms with van der Waals surface area (Å²) in [7, 11) is 0. The summed E-state index contributed by atoms with van der Waals surface area (Å²) in [5.74, 6) is -0.268. The summed E-state index contributed by atoms with van der Waals surface area (Å²) in [6, 6.07) is 13.3. The van der Waals surface area contributed by atoms with Crippen LogP contribution in [0, 0.1) is 17.1 Å². The van der Waals surface area contributed by atoms with Gasteiger partial charge in [-0.2, -0.15) is 5.26 Å². The van der Waals surface area contributed by atoms with Crippen molar-refractivity contribution >= 4 is 17.3 Å². The van der Waals surface area contributed by atoms with Crippen LogP contribution < -0.4 is 5.32 Å². The van der Waals surface area contributed by atoms with Gasteiger partial charge in [0.05, 0.1) is 28.4 Å². The van der Waals surface area contributed by atoms with Gasteiger partial charge in [-0.05, 0) is 31.2 Å². The van der Waals surface area contributed by atoms with Crippen LogP contribution in [0.1, 0.15) is 24.1 Å². The number of nitriles is 1. The molecule has 0 fully saturated rings. The van der Waals surface area contributed by atoms with Gasteiger partial charge in [0.15, 0.2) is 0 Å². The van der Waals surface area contributed by atoms with Gasteiger partial charge < -0.3 is 5.32 Å². The number of benzene rings is 2. The third-order valence-corrected chi connectivity index (χ3v) is 3.17. The monoisotopic (exact) mass is 274 g/mol. The fraction of sp³-hybridized carbons (Fsp3) is 0.133. The first-order chi connectivity index (χ1) is 9.11. The van der Waals surface area contributed by atoms with Gasteiger partial charge in [-0.25, -0.2) is 4.39 Å². The minimum Gasteiger partial charge on any atom is -0.377 e. The van der Waals surface area contributed by atoms with Gasteiger partial charge in [-0.1, -0.05) is 29.8 Å². The van der Waals surface area contributed by atoms with Crippen molar-refractivity contribution in [3.8, 4) is 6.07 Å². The predicted octanol–water partition coefficient (Wildman–Crippen LogP) is 4.52. The van der Waals surface area contributed by atoms with Crippen LogP contribution in [0.5, 0.6) is 0 Å². The summed E-state index contributed by atoms with van der Waals surface area (Å²) >= 11 is 6.06. The fourth-order valence-electron chi connectivity index (χ4n) is 1.84. The molecular formula is C15H12ClFN2. The van der Waals surface area contributed by atoms with Crippen LogP contribution in [-0.4, -0.2) is 0 Å². The largest absolute Gasteiger partial charge is 0.377 e. The van der Waals surface area contributed by atoms with Crippen molar-refractivity contribution in [3.05, 3.63) is 64.4 Å². The Morgan fingerprint density at radius 2 is 2.00 bits per heavy atom. The molecule has 1 unspecified atom stereocenters. The molecule has 0 spiro atoms. The maximum atomic E-state index is 13.7. The molecule has 0 heterocycles. The Balaban J connectivity index is 2.27. The smallest absolute Gasteiger partial charge is 0.128 e. The molecule has 0 aliphatic carbocycles. The van der Waals surface area contributed by atoms with E-state index >= 15 is 0 Å². The standard InChI is InChI=1S/C15H12ClFN2/c1-10(12-4-2-3-5-14(12)17)19-15-8-11(9-18)6-7-13(15)16/h2-8,10,19H,1H3. The van der Waals surface area contributed by atoms with Gasteiger partial charge in [0.2, 0.25) is 0 Å². The molecule has 2 aromatic rings. The summed E-state index contributed by atoms with van der Waals surface area (Å²) < 4.78 is 13.7. The second kappa shape index (κ2) is 5.73. The molecule has 96 valence electrons. The first kappa shape index (κ1) is 13.4. The zero-order chi connectivity index (χ0) is 13.8. The van der Waals surface area contributed by atoms with E-state index in [4.69, 9.17) is 16.9 Å². The van der Waals surface area contributed by atoms with Crippen LogP contribution in [0.3, 0.4) is 0 Å². The van der Waals surface area contributed by atoms with E-state index in [0.717, 1.165) is 0 Å². The Morgan fingerprint density at radius 1 is 1.26 bits per heavy atom. The van der Waals surface area contributed by atoms with Crippen molar-refractivity contribution in [1.82, 2.24) is 0 Å². The lowest BCUT2D eigenvalue weighted by molar-refractivity contribution is 0.600. The SMILES string of the molecule is CC(Nc1cc(C#N)ccc1Cl)c1ccccc1F. The third kappa shape index (κ3) is 3.04. The van der Waals surface area contributed by atoms with E-state index in [0.29, 0.717) is 21.8 Å². The normalized spacial score (nSPS) is 11.7. The van der Waals surface area contributed by atoms with E-state index in [1.807, 2.05) is 13.0 Å². The van der Waals surface area contributed by atoms with E-state index < -0.39 is 0 Å². The van der Waals surface area contributed by atoms with Gasteiger partial charge in [0.25, 0.3) is 0 Å². The molecule has 0 saturated heterocycles. The molecule has 2 aromatic carbocycles. The van der Waals surface area contributed by atoms with E-state index in [2.05, 4.69) is 5.32 Å². The predicted molar refractivity (Wildman–Crippen MR) is 74.6 cm³/mol.